The number of hydrogen-bond donors (Lipinski definition) is 3. The van der Waals surface area contributed by atoms with Gasteiger partial charge in [0.25, 0.3) is 5.91 Å². The molecule has 2 aliphatic heterocycles. The van der Waals surface area contributed by atoms with Crippen LogP contribution in [0.5, 0.6) is 17.4 Å². The highest BCUT2D eigenvalue weighted by Gasteiger charge is 2.61. The molecule has 54 heavy (non-hydrogen) atoms. The maximum atomic E-state index is 14.5. The highest BCUT2D eigenvalue weighted by Crippen LogP contribution is 2.46. The van der Waals surface area contributed by atoms with Gasteiger partial charge in [-0.1, -0.05) is 25.0 Å². The van der Waals surface area contributed by atoms with E-state index in [4.69, 9.17) is 18.9 Å². The Bertz CT molecular complexity index is 1900. The van der Waals surface area contributed by atoms with Crippen molar-refractivity contribution in [2.75, 3.05) is 26.5 Å². The van der Waals surface area contributed by atoms with Crippen molar-refractivity contribution in [2.24, 2.45) is 5.92 Å². The van der Waals surface area contributed by atoms with E-state index in [1.165, 1.54) is 4.90 Å². The zero-order valence-corrected chi connectivity index (χ0v) is 33.1. The van der Waals surface area contributed by atoms with Crippen LogP contribution < -0.4 is 29.6 Å². The Morgan fingerprint density at radius 3 is 2.56 bits per heavy atom. The van der Waals surface area contributed by atoms with Crippen molar-refractivity contribution in [3.63, 3.8) is 0 Å². The molecule has 3 fully saturated rings. The number of sulfonamides is 1. The van der Waals surface area contributed by atoms with Crippen LogP contribution in [0.15, 0.2) is 34.8 Å². The quantitative estimate of drug-likeness (QED) is 0.306. The van der Waals surface area contributed by atoms with Crippen molar-refractivity contribution in [3.8, 4) is 17.4 Å². The summed E-state index contributed by atoms with van der Waals surface area (Å²) in [6.07, 6.45) is 9.92. The predicted molar refractivity (Wildman–Crippen MR) is 202 cm³/mol. The van der Waals surface area contributed by atoms with Gasteiger partial charge in [0, 0.05) is 23.8 Å². The van der Waals surface area contributed by atoms with Gasteiger partial charge in [-0.3, -0.25) is 19.1 Å². The number of hydrogen-bond acceptors (Lipinski definition) is 11. The lowest BCUT2D eigenvalue weighted by atomic mass is 10.0. The lowest BCUT2D eigenvalue weighted by Crippen LogP contribution is -2.58. The molecule has 17 heteroatoms. The van der Waals surface area contributed by atoms with Gasteiger partial charge in [0.05, 0.1) is 36.5 Å². The van der Waals surface area contributed by atoms with Crippen LogP contribution in [-0.2, 0) is 29.1 Å². The summed E-state index contributed by atoms with van der Waals surface area (Å²) in [6, 6.07) is 3.10. The summed E-state index contributed by atoms with van der Waals surface area (Å²) in [5.41, 5.74) is -1.000. The van der Waals surface area contributed by atoms with Gasteiger partial charge in [0.2, 0.25) is 27.7 Å². The van der Waals surface area contributed by atoms with Crippen molar-refractivity contribution in [1.82, 2.24) is 25.2 Å². The molecule has 2 aromatic rings. The lowest BCUT2D eigenvalue weighted by Gasteiger charge is -2.30. The smallest absolute Gasteiger partial charge is 0.408 e. The first-order valence-corrected chi connectivity index (χ1v) is 21.3. The second-order valence-corrected chi connectivity index (χ2v) is 16.9. The third-order valence-corrected chi connectivity index (χ3v) is 11.7. The largest absolute Gasteiger partial charge is 0.495 e. The third-order valence-electron chi connectivity index (χ3n) is 10.4. The van der Waals surface area contributed by atoms with E-state index in [-0.39, 0.29) is 25.5 Å². The molecule has 15 nitrogen and oxygen atoms in total. The highest BCUT2D eigenvalue weighted by atomic mass is 79.9. The fraction of sp³-hybridized carbons (Fsp3) is 0.595. The molecule has 2 saturated carbocycles. The number of carbonyl (C=O) groups excluding carboxylic acids is 4. The summed E-state index contributed by atoms with van der Waals surface area (Å²) < 4.78 is 50.3. The molecule has 1 saturated heterocycles. The van der Waals surface area contributed by atoms with E-state index in [1.54, 1.807) is 25.3 Å². The van der Waals surface area contributed by atoms with Gasteiger partial charge in [-0.05, 0) is 86.4 Å². The molecule has 1 aromatic heterocycles. The molecule has 5 atom stereocenters. The molecule has 3 heterocycles. The van der Waals surface area contributed by atoms with E-state index in [0.29, 0.717) is 58.6 Å². The van der Waals surface area contributed by atoms with Crippen molar-refractivity contribution in [1.29, 1.82) is 0 Å². The van der Waals surface area contributed by atoms with Crippen molar-refractivity contribution in [3.05, 3.63) is 34.8 Å². The topological polar surface area (TPSA) is 192 Å². The molecule has 294 valence electrons. The molecule has 0 bridgehead atoms. The summed E-state index contributed by atoms with van der Waals surface area (Å²) in [5, 5.41) is 6.27. The Hall–Kier alpha value is -4.12. The molecule has 4 aliphatic rings. The number of alkyl carbamates (subject to hydrolysis) is 1. The molecule has 0 radical (unpaired) electrons. The van der Waals surface area contributed by atoms with Crippen LogP contribution in [0.4, 0.5) is 4.79 Å². The molecule has 0 spiro atoms. The van der Waals surface area contributed by atoms with Crippen LogP contribution >= 0.6 is 15.9 Å². The van der Waals surface area contributed by atoms with Crippen LogP contribution in [0.2, 0.25) is 0 Å². The van der Waals surface area contributed by atoms with Gasteiger partial charge in [0.1, 0.15) is 41.3 Å². The number of ether oxygens (including phenoxy) is 4. The molecule has 1 aromatic carbocycles. The van der Waals surface area contributed by atoms with Crippen LogP contribution in [0, 0.1) is 5.92 Å². The molecule has 6 rings (SSSR count). The number of allylic oxidation sites excluding steroid dienone is 1. The van der Waals surface area contributed by atoms with Crippen molar-refractivity contribution >= 4 is 60.7 Å². The molecule has 0 unspecified atom stereocenters. The van der Waals surface area contributed by atoms with Crippen LogP contribution in [0.3, 0.4) is 0 Å². The molecular weight excluding hydrogens is 786 g/mol. The van der Waals surface area contributed by atoms with E-state index in [1.807, 2.05) is 23.8 Å². The van der Waals surface area contributed by atoms with E-state index < -0.39 is 63.5 Å². The number of nitrogens with zero attached hydrogens (tertiary/aromatic N) is 2. The van der Waals surface area contributed by atoms with Crippen LogP contribution in [-0.4, -0.2) is 98.5 Å². The van der Waals surface area contributed by atoms with Gasteiger partial charge in [-0.15, -0.1) is 0 Å². The van der Waals surface area contributed by atoms with Gasteiger partial charge in [-0.25, -0.2) is 18.2 Å². The summed E-state index contributed by atoms with van der Waals surface area (Å²) in [6.45, 7) is 2.15. The number of nitrogens with one attached hydrogen (secondary N) is 3. The Balaban J connectivity index is 1.33. The number of carbonyl (C=O) groups is 4. The fourth-order valence-electron chi connectivity index (χ4n) is 7.60. The van der Waals surface area contributed by atoms with Gasteiger partial charge in [0.15, 0.2) is 0 Å². The molecular formula is C37H48BrN5O10S. The Morgan fingerprint density at radius 2 is 1.83 bits per heavy atom. The molecule has 3 N–H and O–H groups in total. The average molecular weight is 835 g/mol. The number of methoxy groups -OCH3 is 1. The Labute approximate surface area is 323 Å². The predicted octanol–water partition coefficient (Wildman–Crippen LogP) is 4.26. The Kier molecular flexibility index (Phi) is 12.2. The van der Waals surface area contributed by atoms with Gasteiger partial charge < -0.3 is 34.5 Å². The first kappa shape index (κ1) is 39.6. The normalized spacial score (nSPS) is 26.5. The van der Waals surface area contributed by atoms with E-state index in [9.17, 15) is 27.6 Å². The number of fused-ring (bicyclic) bond motifs is 3. The number of benzene rings is 1. The van der Waals surface area contributed by atoms with E-state index >= 15 is 0 Å². The fourth-order valence-corrected chi connectivity index (χ4v) is 8.72. The number of rotatable bonds is 9. The Morgan fingerprint density at radius 1 is 1.07 bits per heavy atom. The van der Waals surface area contributed by atoms with Crippen molar-refractivity contribution in [2.45, 2.75) is 107 Å². The number of aromatic nitrogens is 1. The zero-order chi connectivity index (χ0) is 38.6. The SMILES string of the molecule is CCOc1cc(O[C@@H]2C[C@H]3C(=O)N[C@]4(C(=O)NS(C)(=O)=O)C[C@H]4C=CCCCCC[C@H](NC(=O)OC4CCCC4)C(=O)N3C2)c2ccc(OC)c(Br)c2n1. The van der Waals surface area contributed by atoms with E-state index in [0.717, 1.165) is 44.8 Å². The standard InChI is InChI=1S/C37H48BrN5O10S/c1-4-51-30-19-29(25-16-17-28(50-2)31(38)32(25)40-30)52-24-18-27-33(44)41-37(35(46)42-54(3,48)49)20-22(37)12-8-6-5-7-9-15-26(34(45)43(27)21-24)39-36(47)53-23-13-10-11-14-23/h8,12,16-17,19,22-24,26-27H,4-7,9-11,13-15,18,20-21H2,1-3H3,(H,39,47)(H,41,44)(H,42,46)/t22-,24-,26+,27+,37-/m1/s1. The maximum Gasteiger partial charge on any atom is 0.408 e. The first-order valence-electron chi connectivity index (χ1n) is 18.6. The average Bonchev–Trinajstić information content (AvgIpc) is 3.39. The second kappa shape index (κ2) is 16.7. The minimum absolute atomic E-state index is 0.0241. The summed E-state index contributed by atoms with van der Waals surface area (Å²) >= 11 is 3.57. The number of halogens is 1. The minimum atomic E-state index is -3.94. The number of pyridine rings is 1. The van der Waals surface area contributed by atoms with Crippen LogP contribution in [0.25, 0.3) is 10.9 Å². The summed E-state index contributed by atoms with van der Waals surface area (Å²) in [5.74, 6) is -1.16. The highest BCUT2D eigenvalue weighted by molar-refractivity contribution is 9.10. The molecule has 4 amide bonds. The van der Waals surface area contributed by atoms with Crippen LogP contribution in [0.1, 0.15) is 77.6 Å². The molecule has 2 aliphatic carbocycles. The zero-order valence-electron chi connectivity index (χ0n) is 30.7. The summed E-state index contributed by atoms with van der Waals surface area (Å²) in [4.78, 5) is 61.5. The number of amides is 4. The second-order valence-electron chi connectivity index (χ2n) is 14.4. The maximum absolute atomic E-state index is 14.5. The summed E-state index contributed by atoms with van der Waals surface area (Å²) in [7, 11) is -2.39. The van der Waals surface area contributed by atoms with Gasteiger partial charge >= 0.3 is 6.09 Å². The lowest BCUT2D eigenvalue weighted by molar-refractivity contribution is -0.141. The van der Waals surface area contributed by atoms with Crippen molar-refractivity contribution < 1.29 is 46.5 Å². The van der Waals surface area contributed by atoms with E-state index in [2.05, 4.69) is 31.5 Å². The first-order chi connectivity index (χ1) is 25.8. The minimum Gasteiger partial charge on any atom is -0.495 e. The monoisotopic (exact) mass is 833 g/mol. The third kappa shape index (κ3) is 9.04. The van der Waals surface area contributed by atoms with Gasteiger partial charge in [-0.2, -0.15) is 0 Å².